The van der Waals surface area contributed by atoms with Crippen molar-refractivity contribution in [2.24, 2.45) is 0 Å². The number of anilines is 1. The molecule has 0 saturated heterocycles. The van der Waals surface area contributed by atoms with E-state index in [9.17, 15) is 13.2 Å². The Morgan fingerprint density at radius 2 is 1.86 bits per heavy atom. The van der Waals surface area contributed by atoms with Crippen molar-refractivity contribution in [2.45, 2.75) is 56.9 Å². The average Bonchev–Trinajstić information content (AvgIpc) is 3.06. The number of amides is 1. The number of aromatic nitrogens is 1. The predicted molar refractivity (Wildman–Crippen MR) is 109 cm³/mol. The van der Waals surface area contributed by atoms with Crippen LogP contribution < -0.4 is 14.4 Å². The molecule has 0 spiro atoms. The van der Waals surface area contributed by atoms with E-state index in [4.69, 9.17) is 9.26 Å². The van der Waals surface area contributed by atoms with Crippen molar-refractivity contribution in [1.29, 1.82) is 0 Å². The summed E-state index contributed by atoms with van der Waals surface area (Å²) in [5.41, 5.74) is 0.623. The molecule has 1 aliphatic rings. The SMILES string of the molecule is COc1ccc(N(CC(=O)NC2CCCCC2)S(=O)(=O)c2c(C)noc2C)cc1. The zero-order valence-corrected chi connectivity index (χ0v) is 17.8. The lowest BCUT2D eigenvalue weighted by Crippen LogP contribution is -2.45. The summed E-state index contributed by atoms with van der Waals surface area (Å²) in [6.45, 7) is 2.79. The van der Waals surface area contributed by atoms with Gasteiger partial charge in [-0.25, -0.2) is 8.42 Å². The maximum Gasteiger partial charge on any atom is 0.270 e. The van der Waals surface area contributed by atoms with Gasteiger partial charge in [-0.05, 0) is 51.0 Å². The van der Waals surface area contributed by atoms with E-state index in [-0.39, 0.29) is 34.8 Å². The molecule has 1 aromatic heterocycles. The molecule has 9 heteroatoms. The highest BCUT2D eigenvalue weighted by molar-refractivity contribution is 7.93. The number of methoxy groups -OCH3 is 1. The molecule has 0 unspecified atom stereocenters. The molecule has 1 amide bonds. The molecular formula is C20H27N3O5S. The number of carbonyl (C=O) groups is 1. The lowest BCUT2D eigenvalue weighted by molar-refractivity contribution is -0.120. The van der Waals surface area contributed by atoms with Crippen LogP contribution in [0, 0.1) is 13.8 Å². The van der Waals surface area contributed by atoms with Crippen LogP contribution in [0.5, 0.6) is 5.75 Å². The van der Waals surface area contributed by atoms with Gasteiger partial charge in [0.15, 0.2) is 10.7 Å². The van der Waals surface area contributed by atoms with E-state index < -0.39 is 10.0 Å². The van der Waals surface area contributed by atoms with Gasteiger partial charge in [0, 0.05) is 6.04 Å². The molecule has 1 saturated carbocycles. The molecule has 0 radical (unpaired) electrons. The van der Waals surface area contributed by atoms with Crippen LogP contribution in [0.2, 0.25) is 0 Å². The second kappa shape index (κ2) is 8.86. The Hall–Kier alpha value is -2.55. The maximum absolute atomic E-state index is 13.4. The number of nitrogens with zero attached hydrogens (tertiary/aromatic N) is 2. The summed E-state index contributed by atoms with van der Waals surface area (Å²) in [7, 11) is -2.52. The third kappa shape index (κ3) is 4.72. The van der Waals surface area contributed by atoms with Crippen LogP contribution in [0.4, 0.5) is 5.69 Å². The highest BCUT2D eigenvalue weighted by Gasteiger charge is 2.33. The average molecular weight is 422 g/mol. The van der Waals surface area contributed by atoms with Crippen molar-refractivity contribution < 1.29 is 22.5 Å². The lowest BCUT2D eigenvalue weighted by Gasteiger charge is -2.27. The van der Waals surface area contributed by atoms with E-state index in [1.54, 1.807) is 38.1 Å². The quantitative estimate of drug-likeness (QED) is 0.737. The standard InChI is InChI=1S/C20H27N3O5S/c1-14-20(15(2)28-22-14)29(25,26)23(17-9-11-18(27-3)12-10-17)13-19(24)21-16-7-5-4-6-8-16/h9-12,16H,4-8,13H2,1-3H3,(H,21,24). The van der Waals surface area contributed by atoms with Gasteiger partial charge in [0.1, 0.15) is 18.0 Å². The summed E-state index contributed by atoms with van der Waals surface area (Å²) >= 11 is 0. The minimum Gasteiger partial charge on any atom is -0.497 e. The smallest absolute Gasteiger partial charge is 0.270 e. The van der Waals surface area contributed by atoms with Crippen molar-refractivity contribution in [1.82, 2.24) is 10.5 Å². The Kier molecular flexibility index (Phi) is 6.46. The van der Waals surface area contributed by atoms with Crippen LogP contribution in [-0.2, 0) is 14.8 Å². The Bertz CT molecular complexity index is 927. The Balaban J connectivity index is 1.91. The van der Waals surface area contributed by atoms with Gasteiger partial charge in [-0.15, -0.1) is 0 Å². The van der Waals surface area contributed by atoms with Gasteiger partial charge in [-0.3, -0.25) is 9.10 Å². The number of carbonyl (C=O) groups excluding carboxylic acids is 1. The molecule has 1 aromatic carbocycles. The van der Waals surface area contributed by atoms with Crippen molar-refractivity contribution in [3.8, 4) is 5.75 Å². The molecule has 29 heavy (non-hydrogen) atoms. The first kappa shape index (κ1) is 21.2. The molecule has 0 aliphatic heterocycles. The van der Waals surface area contributed by atoms with Crippen LogP contribution in [0.15, 0.2) is 33.7 Å². The first-order valence-electron chi connectivity index (χ1n) is 9.72. The van der Waals surface area contributed by atoms with E-state index in [2.05, 4.69) is 10.5 Å². The Labute approximate surface area is 171 Å². The van der Waals surface area contributed by atoms with Gasteiger partial charge >= 0.3 is 0 Å². The van der Waals surface area contributed by atoms with Gasteiger partial charge in [0.2, 0.25) is 5.91 Å². The van der Waals surface area contributed by atoms with E-state index in [1.807, 2.05) is 0 Å². The molecule has 1 heterocycles. The van der Waals surface area contributed by atoms with E-state index >= 15 is 0 Å². The fourth-order valence-electron chi connectivity index (χ4n) is 3.67. The minimum absolute atomic E-state index is 0.0150. The fraction of sp³-hybridized carbons (Fsp3) is 0.500. The highest BCUT2D eigenvalue weighted by atomic mass is 32.2. The van der Waals surface area contributed by atoms with E-state index in [0.29, 0.717) is 11.4 Å². The van der Waals surface area contributed by atoms with Crippen LogP contribution in [0.3, 0.4) is 0 Å². The molecule has 0 atom stereocenters. The molecule has 1 N–H and O–H groups in total. The number of aryl methyl sites for hydroxylation is 2. The third-order valence-electron chi connectivity index (χ3n) is 5.13. The van der Waals surface area contributed by atoms with Crippen molar-refractivity contribution in [3.05, 3.63) is 35.7 Å². The number of benzene rings is 1. The van der Waals surface area contributed by atoms with Gasteiger partial charge in [-0.1, -0.05) is 24.4 Å². The van der Waals surface area contributed by atoms with Crippen LogP contribution in [-0.4, -0.2) is 39.2 Å². The summed E-state index contributed by atoms with van der Waals surface area (Å²) in [5.74, 6) is 0.451. The minimum atomic E-state index is -4.05. The second-order valence-corrected chi connectivity index (χ2v) is 9.06. The van der Waals surface area contributed by atoms with Crippen molar-refractivity contribution in [2.75, 3.05) is 18.0 Å². The Morgan fingerprint density at radius 3 is 2.41 bits per heavy atom. The van der Waals surface area contributed by atoms with Gasteiger partial charge in [0.05, 0.1) is 12.8 Å². The zero-order chi connectivity index (χ0) is 21.0. The van der Waals surface area contributed by atoms with E-state index in [1.165, 1.54) is 13.5 Å². The topological polar surface area (TPSA) is 102 Å². The number of ether oxygens (including phenoxy) is 1. The number of nitrogens with one attached hydrogen (secondary N) is 1. The van der Waals surface area contributed by atoms with Crippen LogP contribution in [0.25, 0.3) is 0 Å². The summed E-state index contributed by atoms with van der Waals surface area (Å²) in [4.78, 5) is 12.7. The van der Waals surface area contributed by atoms with Gasteiger partial charge < -0.3 is 14.6 Å². The highest BCUT2D eigenvalue weighted by Crippen LogP contribution is 2.29. The van der Waals surface area contributed by atoms with E-state index in [0.717, 1.165) is 30.0 Å². The third-order valence-corrected chi connectivity index (χ3v) is 7.15. The number of sulfonamides is 1. The number of hydrogen-bond donors (Lipinski definition) is 1. The molecule has 1 fully saturated rings. The normalized spacial score (nSPS) is 15.1. The van der Waals surface area contributed by atoms with Crippen LogP contribution >= 0.6 is 0 Å². The van der Waals surface area contributed by atoms with Crippen molar-refractivity contribution in [3.63, 3.8) is 0 Å². The second-order valence-electron chi connectivity index (χ2n) is 7.27. The number of rotatable bonds is 7. The molecule has 2 aromatic rings. The zero-order valence-electron chi connectivity index (χ0n) is 17.0. The first-order valence-corrected chi connectivity index (χ1v) is 11.2. The van der Waals surface area contributed by atoms with Crippen LogP contribution in [0.1, 0.15) is 43.6 Å². The Morgan fingerprint density at radius 1 is 1.21 bits per heavy atom. The monoisotopic (exact) mass is 421 g/mol. The molecule has 3 rings (SSSR count). The van der Waals surface area contributed by atoms with Crippen molar-refractivity contribution >= 4 is 21.6 Å². The van der Waals surface area contributed by atoms with Gasteiger partial charge in [-0.2, -0.15) is 0 Å². The summed E-state index contributed by atoms with van der Waals surface area (Å²) in [5, 5.41) is 6.74. The largest absolute Gasteiger partial charge is 0.497 e. The van der Waals surface area contributed by atoms with Gasteiger partial charge in [0.25, 0.3) is 10.0 Å². The molecule has 8 nitrogen and oxygen atoms in total. The maximum atomic E-state index is 13.4. The number of hydrogen-bond acceptors (Lipinski definition) is 6. The molecule has 0 bridgehead atoms. The first-order chi connectivity index (χ1) is 13.8. The summed E-state index contributed by atoms with van der Waals surface area (Å²) < 4.78 is 38.2. The molecule has 158 valence electrons. The predicted octanol–water partition coefficient (Wildman–Crippen LogP) is 2.94. The fourth-order valence-corrected chi connectivity index (χ4v) is 5.39. The lowest BCUT2D eigenvalue weighted by atomic mass is 9.95. The molecular weight excluding hydrogens is 394 g/mol. The summed E-state index contributed by atoms with van der Waals surface area (Å²) in [6.07, 6.45) is 5.16. The molecule has 1 aliphatic carbocycles. The summed E-state index contributed by atoms with van der Waals surface area (Å²) in [6, 6.07) is 6.63.